The third-order valence-electron chi connectivity index (χ3n) is 2.62. The molecule has 0 radical (unpaired) electrons. The molecule has 0 atom stereocenters. The van der Waals surface area contributed by atoms with E-state index in [1.165, 1.54) is 0 Å². The van der Waals surface area contributed by atoms with Gasteiger partial charge in [0.15, 0.2) is 0 Å². The second-order valence-electron chi connectivity index (χ2n) is 6.83. The van der Waals surface area contributed by atoms with Crippen molar-refractivity contribution in [2.24, 2.45) is 5.92 Å². The van der Waals surface area contributed by atoms with Gasteiger partial charge in [-0.3, -0.25) is 4.72 Å². The SMILES string of the molecule is CC(C)CS(=O)(=O)Nc1ccc(CNC(=O)OC(C)(C)C)cc1. The molecule has 0 spiro atoms. The van der Waals surface area contributed by atoms with E-state index < -0.39 is 21.7 Å². The van der Waals surface area contributed by atoms with Crippen molar-refractivity contribution in [1.82, 2.24) is 5.32 Å². The number of carbonyl (C=O) groups is 1. The topological polar surface area (TPSA) is 84.5 Å². The number of rotatable bonds is 6. The molecular formula is C16H26N2O4S. The first-order valence-electron chi connectivity index (χ1n) is 7.53. The number of hydrogen-bond donors (Lipinski definition) is 2. The summed E-state index contributed by atoms with van der Waals surface area (Å²) in [5.74, 6) is 0.138. The second kappa shape index (κ2) is 7.68. The number of benzene rings is 1. The van der Waals surface area contributed by atoms with Gasteiger partial charge in [0.25, 0.3) is 0 Å². The van der Waals surface area contributed by atoms with Crippen LogP contribution in [0.1, 0.15) is 40.2 Å². The van der Waals surface area contributed by atoms with Crippen molar-refractivity contribution < 1.29 is 17.9 Å². The average Bonchev–Trinajstić information content (AvgIpc) is 2.33. The number of hydrogen-bond acceptors (Lipinski definition) is 4. The fraction of sp³-hybridized carbons (Fsp3) is 0.562. The van der Waals surface area contributed by atoms with Crippen LogP contribution in [0.3, 0.4) is 0 Å². The summed E-state index contributed by atoms with van der Waals surface area (Å²) < 4.78 is 31.4. The van der Waals surface area contributed by atoms with Crippen LogP contribution < -0.4 is 10.0 Å². The lowest BCUT2D eigenvalue weighted by molar-refractivity contribution is 0.0523. The highest BCUT2D eigenvalue weighted by Crippen LogP contribution is 2.13. The third-order valence-corrected chi connectivity index (χ3v) is 4.27. The summed E-state index contributed by atoms with van der Waals surface area (Å²) in [6, 6.07) is 6.85. The summed E-state index contributed by atoms with van der Waals surface area (Å²) in [6.45, 7) is 9.41. The van der Waals surface area contributed by atoms with Gasteiger partial charge in [-0.25, -0.2) is 13.2 Å². The Labute approximate surface area is 138 Å². The maximum absolute atomic E-state index is 11.9. The molecule has 1 amide bonds. The monoisotopic (exact) mass is 342 g/mol. The Morgan fingerprint density at radius 2 is 1.74 bits per heavy atom. The quantitative estimate of drug-likeness (QED) is 0.832. The van der Waals surface area contributed by atoms with Crippen molar-refractivity contribution in [2.75, 3.05) is 10.5 Å². The fourth-order valence-corrected chi connectivity index (χ4v) is 3.30. The summed E-state index contributed by atoms with van der Waals surface area (Å²) in [5.41, 5.74) is 0.817. The molecule has 0 unspecified atom stereocenters. The summed E-state index contributed by atoms with van der Waals surface area (Å²) in [5, 5.41) is 2.65. The molecule has 6 nitrogen and oxygen atoms in total. The third kappa shape index (κ3) is 8.44. The standard InChI is InChI=1S/C16H26N2O4S/c1-12(2)11-23(20,21)18-14-8-6-13(7-9-14)10-17-15(19)22-16(3,4)5/h6-9,12,18H,10-11H2,1-5H3,(H,17,19). The first kappa shape index (κ1) is 19.3. The van der Waals surface area contributed by atoms with E-state index in [1.807, 2.05) is 13.8 Å². The lowest BCUT2D eigenvalue weighted by Crippen LogP contribution is -2.32. The summed E-state index contributed by atoms with van der Waals surface area (Å²) in [6.07, 6.45) is -0.487. The predicted octanol–water partition coefficient (Wildman–Crippen LogP) is 3.11. The smallest absolute Gasteiger partial charge is 0.407 e. The number of sulfonamides is 1. The lowest BCUT2D eigenvalue weighted by Gasteiger charge is -2.19. The van der Waals surface area contributed by atoms with Gasteiger partial charge in [0, 0.05) is 12.2 Å². The van der Waals surface area contributed by atoms with Crippen LogP contribution in [0.15, 0.2) is 24.3 Å². The van der Waals surface area contributed by atoms with Gasteiger partial charge in [0.05, 0.1) is 5.75 Å². The number of alkyl carbamates (subject to hydrolysis) is 1. The minimum absolute atomic E-state index is 0.0600. The zero-order chi connectivity index (χ0) is 17.7. The van der Waals surface area contributed by atoms with E-state index in [-0.39, 0.29) is 11.7 Å². The maximum Gasteiger partial charge on any atom is 0.407 e. The Kier molecular flexibility index (Phi) is 6.44. The minimum atomic E-state index is -3.33. The Morgan fingerprint density at radius 3 is 2.22 bits per heavy atom. The molecule has 2 N–H and O–H groups in total. The average molecular weight is 342 g/mol. The van der Waals surface area contributed by atoms with E-state index in [2.05, 4.69) is 10.0 Å². The van der Waals surface area contributed by atoms with Gasteiger partial charge in [0.1, 0.15) is 5.60 Å². The fourth-order valence-electron chi connectivity index (χ4n) is 1.84. The van der Waals surface area contributed by atoms with Crippen LogP contribution in [0.25, 0.3) is 0 Å². The zero-order valence-electron chi connectivity index (χ0n) is 14.3. The lowest BCUT2D eigenvalue weighted by atomic mass is 10.2. The van der Waals surface area contributed by atoms with Crippen LogP contribution >= 0.6 is 0 Å². The molecule has 0 aliphatic rings. The number of anilines is 1. The first-order chi connectivity index (χ1) is 10.5. The first-order valence-corrected chi connectivity index (χ1v) is 9.18. The van der Waals surface area contributed by atoms with Crippen LogP contribution in [-0.4, -0.2) is 25.9 Å². The van der Waals surface area contributed by atoms with Crippen molar-refractivity contribution in [2.45, 2.75) is 46.8 Å². The highest BCUT2D eigenvalue weighted by Gasteiger charge is 2.16. The van der Waals surface area contributed by atoms with E-state index in [0.29, 0.717) is 12.2 Å². The predicted molar refractivity (Wildman–Crippen MR) is 91.8 cm³/mol. The number of carbonyl (C=O) groups excluding carboxylic acids is 1. The molecule has 0 fully saturated rings. The van der Waals surface area contributed by atoms with E-state index in [1.54, 1.807) is 45.0 Å². The molecule has 0 heterocycles. The van der Waals surface area contributed by atoms with Gasteiger partial charge >= 0.3 is 6.09 Å². The molecule has 0 saturated carbocycles. The molecule has 1 aromatic carbocycles. The summed E-state index contributed by atoms with van der Waals surface area (Å²) in [4.78, 5) is 11.6. The largest absolute Gasteiger partial charge is 0.444 e. The summed E-state index contributed by atoms with van der Waals surface area (Å²) >= 11 is 0. The molecule has 0 aliphatic carbocycles. The van der Waals surface area contributed by atoms with Gasteiger partial charge in [-0.2, -0.15) is 0 Å². The normalized spacial score (nSPS) is 12.1. The Balaban J connectivity index is 2.56. The van der Waals surface area contributed by atoms with E-state index in [4.69, 9.17) is 4.74 Å². The van der Waals surface area contributed by atoms with Gasteiger partial charge < -0.3 is 10.1 Å². The van der Waals surface area contributed by atoms with Crippen LogP contribution in [0.4, 0.5) is 10.5 Å². The molecule has 0 aromatic heterocycles. The van der Waals surface area contributed by atoms with Gasteiger partial charge in [-0.1, -0.05) is 26.0 Å². The highest BCUT2D eigenvalue weighted by molar-refractivity contribution is 7.92. The minimum Gasteiger partial charge on any atom is -0.444 e. The number of nitrogens with one attached hydrogen (secondary N) is 2. The van der Waals surface area contributed by atoms with Crippen LogP contribution in [0.5, 0.6) is 0 Å². The zero-order valence-corrected chi connectivity index (χ0v) is 15.2. The molecule has 0 saturated heterocycles. The molecule has 1 aromatic rings. The van der Waals surface area contributed by atoms with E-state index in [0.717, 1.165) is 5.56 Å². The van der Waals surface area contributed by atoms with Gasteiger partial charge in [0.2, 0.25) is 10.0 Å². The molecule has 7 heteroatoms. The van der Waals surface area contributed by atoms with Gasteiger partial charge in [-0.05, 0) is 44.4 Å². The van der Waals surface area contributed by atoms with Crippen molar-refractivity contribution in [3.63, 3.8) is 0 Å². The highest BCUT2D eigenvalue weighted by atomic mass is 32.2. The Morgan fingerprint density at radius 1 is 1.17 bits per heavy atom. The summed E-state index contributed by atoms with van der Waals surface area (Å²) in [7, 11) is -3.33. The van der Waals surface area contributed by atoms with E-state index in [9.17, 15) is 13.2 Å². The van der Waals surface area contributed by atoms with Crippen LogP contribution in [0, 0.1) is 5.92 Å². The number of amides is 1. The van der Waals surface area contributed by atoms with Crippen molar-refractivity contribution >= 4 is 21.8 Å². The van der Waals surface area contributed by atoms with Crippen LogP contribution in [-0.2, 0) is 21.3 Å². The second-order valence-corrected chi connectivity index (χ2v) is 8.60. The molecule has 23 heavy (non-hydrogen) atoms. The molecular weight excluding hydrogens is 316 g/mol. The van der Waals surface area contributed by atoms with E-state index >= 15 is 0 Å². The molecule has 0 aliphatic heterocycles. The van der Waals surface area contributed by atoms with Crippen molar-refractivity contribution in [3.05, 3.63) is 29.8 Å². The molecule has 130 valence electrons. The Bertz CT molecular complexity index is 616. The van der Waals surface area contributed by atoms with Crippen molar-refractivity contribution in [3.8, 4) is 0 Å². The van der Waals surface area contributed by atoms with Crippen molar-refractivity contribution in [1.29, 1.82) is 0 Å². The number of ether oxygens (including phenoxy) is 1. The maximum atomic E-state index is 11.9. The van der Waals surface area contributed by atoms with Gasteiger partial charge in [-0.15, -0.1) is 0 Å². The van der Waals surface area contributed by atoms with Crippen LogP contribution in [0.2, 0.25) is 0 Å². The molecule has 1 rings (SSSR count). The molecule has 0 bridgehead atoms. The Hall–Kier alpha value is -1.76.